The average Bonchev–Trinajstić information content (AvgIpc) is 2.49. The lowest BCUT2D eigenvalue weighted by atomic mass is 10.2. The Morgan fingerprint density at radius 2 is 1.96 bits per heavy atom. The summed E-state index contributed by atoms with van der Waals surface area (Å²) in [5, 5.41) is 25.1. The van der Waals surface area contributed by atoms with Gasteiger partial charge in [-0.25, -0.2) is 4.79 Å². The molecule has 0 saturated carbocycles. The van der Waals surface area contributed by atoms with Crippen molar-refractivity contribution >= 4 is 34.7 Å². The first kappa shape index (κ1) is 17.5. The number of rotatable bonds is 7. The van der Waals surface area contributed by atoms with Gasteiger partial charge in [0.05, 0.1) is 29.4 Å². The standard InChI is InChI=1S/C11H11N5O7/c1-23-11(18)8(5-10(12)17)14-13-7-3-2-6(15(19)20)4-9(7)16(21)22/h2-4,13H,5H2,1H3,(H2,12,17)/b14-8+. The number of nitrogens with two attached hydrogens (primary N) is 1. The maximum Gasteiger partial charge on any atom is 0.354 e. The van der Waals surface area contributed by atoms with E-state index in [-0.39, 0.29) is 5.69 Å². The zero-order valence-electron chi connectivity index (χ0n) is 11.7. The van der Waals surface area contributed by atoms with Crippen molar-refractivity contribution in [2.24, 2.45) is 10.8 Å². The van der Waals surface area contributed by atoms with Gasteiger partial charge in [-0.15, -0.1) is 0 Å². The molecule has 1 rings (SSSR count). The molecule has 1 amide bonds. The molecule has 23 heavy (non-hydrogen) atoms. The van der Waals surface area contributed by atoms with Crippen molar-refractivity contribution in [1.29, 1.82) is 0 Å². The van der Waals surface area contributed by atoms with Crippen LogP contribution in [0.25, 0.3) is 0 Å². The summed E-state index contributed by atoms with van der Waals surface area (Å²) in [6.45, 7) is 0. The second-order valence-corrected chi connectivity index (χ2v) is 4.02. The molecule has 0 atom stereocenters. The van der Waals surface area contributed by atoms with Gasteiger partial charge in [0, 0.05) is 6.07 Å². The van der Waals surface area contributed by atoms with Crippen molar-refractivity contribution < 1.29 is 24.2 Å². The number of non-ortho nitro benzene ring substituents is 1. The molecule has 0 aliphatic carbocycles. The number of anilines is 1. The third-order valence-electron chi connectivity index (χ3n) is 2.46. The summed E-state index contributed by atoms with van der Waals surface area (Å²) in [7, 11) is 1.05. The Morgan fingerprint density at radius 1 is 1.30 bits per heavy atom. The van der Waals surface area contributed by atoms with E-state index in [4.69, 9.17) is 5.73 Å². The minimum Gasteiger partial charge on any atom is -0.464 e. The monoisotopic (exact) mass is 325 g/mol. The molecule has 0 fully saturated rings. The predicted molar refractivity (Wildman–Crippen MR) is 76.6 cm³/mol. The van der Waals surface area contributed by atoms with Crippen LogP contribution >= 0.6 is 0 Å². The summed E-state index contributed by atoms with van der Waals surface area (Å²) in [4.78, 5) is 42.2. The summed E-state index contributed by atoms with van der Waals surface area (Å²) in [5.74, 6) is -1.82. The van der Waals surface area contributed by atoms with Crippen molar-refractivity contribution in [1.82, 2.24) is 0 Å². The minimum atomic E-state index is -0.958. The normalized spacial score (nSPS) is 10.7. The van der Waals surface area contributed by atoms with Crippen LogP contribution in [0.1, 0.15) is 6.42 Å². The average molecular weight is 325 g/mol. The zero-order chi connectivity index (χ0) is 17.6. The Bertz CT molecular complexity index is 700. The lowest BCUT2D eigenvalue weighted by Crippen LogP contribution is -2.24. The SMILES string of the molecule is COC(=O)/C(CC(N)=O)=N/Nc1ccc([N+](=O)[O-])cc1[N+](=O)[O-]. The maximum absolute atomic E-state index is 11.4. The van der Waals surface area contributed by atoms with Gasteiger partial charge in [0.1, 0.15) is 5.69 Å². The highest BCUT2D eigenvalue weighted by Crippen LogP contribution is 2.28. The first-order valence-corrected chi connectivity index (χ1v) is 5.88. The molecule has 12 heteroatoms. The van der Waals surface area contributed by atoms with E-state index in [1.165, 1.54) is 0 Å². The lowest BCUT2D eigenvalue weighted by Gasteiger charge is -2.05. The van der Waals surface area contributed by atoms with Gasteiger partial charge in [0.25, 0.3) is 5.69 Å². The Hall–Kier alpha value is -3.57. The van der Waals surface area contributed by atoms with Crippen LogP contribution in [-0.4, -0.2) is 34.5 Å². The van der Waals surface area contributed by atoms with Crippen LogP contribution in [-0.2, 0) is 14.3 Å². The molecule has 12 nitrogen and oxygen atoms in total. The van der Waals surface area contributed by atoms with E-state index in [2.05, 4.69) is 15.3 Å². The van der Waals surface area contributed by atoms with Gasteiger partial charge in [-0.3, -0.25) is 30.4 Å². The largest absolute Gasteiger partial charge is 0.464 e. The Kier molecular flexibility index (Phi) is 5.66. The molecule has 0 unspecified atom stereocenters. The number of amides is 1. The molecule has 0 bridgehead atoms. The Morgan fingerprint density at radius 3 is 2.43 bits per heavy atom. The molecular formula is C11H11N5O7. The molecule has 122 valence electrons. The number of nitrogens with one attached hydrogen (secondary N) is 1. The number of carbonyl (C=O) groups is 2. The van der Waals surface area contributed by atoms with E-state index in [0.717, 1.165) is 25.3 Å². The number of hydrogen-bond donors (Lipinski definition) is 2. The lowest BCUT2D eigenvalue weighted by molar-refractivity contribution is -0.393. The van der Waals surface area contributed by atoms with Crippen molar-refractivity contribution in [2.75, 3.05) is 12.5 Å². The fourth-order valence-corrected chi connectivity index (χ4v) is 1.45. The van der Waals surface area contributed by atoms with Gasteiger partial charge in [0.15, 0.2) is 5.71 Å². The smallest absolute Gasteiger partial charge is 0.354 e. The number of benzene rings is 1. The van der Waals surface area contributed by atoms with Crippen LogP contribution in [0.5, 0.6) is 0 Å². The second kappa shape index (κ2) is 7.44. The number of hydrazone groups is 1. The molecule has 1 aromatic carbocycles. The van der Waals surface area contributed by atoms with Gasteiger partial charge in [0.2, 0.25) is 5.91 Å². The van der Waals surface area contributed by atoms with Gasteiger partial charge in [-0.2, -0.15) is 5.10 Å². The number of ether oxygens (including phenoxy) is 1. The number of nitrogens with zero attached hydrogens (tertiary/aromatic N) is 3. The molecule has 0 aliphatic rings. The first-order chi connectivity index (χ1) is 10.8. The van der Waals surface area contributed by atoms with Crippen LogP contribution in [0.3, 0.4) is 0 Å². The van der Waals surface area contributed by atoms with Crippen LogP contribution in [0.15, 0.2) is 23.3 Å². The predicted octanol–water partition coefficient (Wildman–Crippen LogP) is 0.319. The van der Waals surface area contributed by atoms with E-state index in [1.807, 2.05) is 0 Å². The molecule has 0 aliphatic heterocycles. The summed E-state index contributed by atoms with van der Waals surface area (Å²) in [6, 6.07) is 2.78. The number of primary amides is 1. The number of nitro groups is 2. The van der Waals surface area contributed by atoms with E-state index in [1.54, 1.807) is 0 Å². The van der Waals surface area contributed by atoms with E-state index in [9.17, 15) is 29.8 Å². The molecule has 0 saturated heterocycles. The van der Waals surface area contributed by atoms with Crippen LogP contribution in [0.4, 0.5) is 17.1 Å². The number of methoxy groups -OCH3 is 1. The molecule has 0 aromatic heterocycles. The number of hydrogen-bond acceptors (Lipinski definition) is 9. The number of carbonyl (C=O) groups excluding carboxylic acids is 2. The maximum atomic E-state index is 11.4. The molecule has 0 heterocycles. The Labute approximate surface area is 128 Å². The Balaban J connectivity index is 3.17. The molecule has 1 aromatic rings. The van der Waals surface area contributed by atoms with Crippen LogP contribution in [0, 0.1) is 20.2 Å². The summed E-state index contributed by atoms with van der Waals surface area (Å²) >= 11 is 0. The van der Waals surface area contributed by atoms with Crippen molar-refractivity contribution in [2.45, 2.75) is 6.42 Å². The fourth-order valence-electron chi connectivity index (χ4n) is 1.45. The van der Waals surface area contributed by atoms with Crippen molar-refractivity contribution in [3.63, 3.8) is 0 Å². The van der Waals surface area contributed by atoms with E-state index in [0.29, 0.717) is 0 Å². The molecule has 3 N–H and O–H groups in total. The minimum absolute atomic E-state index is 0.216. The molecular weight excluding hydrogens is 314 g/mol. The topological polar surface area (TPSA) is 180 Å². The van der Waals surface area contributed by atoms with Crippen molar-refractivity contribution in [3.05, 3.63) is 38.4 Å². The number of esters is 1. The van der Waals surface area contributed by atoms with Gasteiger partial charge in [-0.05, 0) is 6.07 Å². The highest BCUT2D eigenvalue weighted by atomic mass is 16.6. The van der Waals surface area contributed by atoms with Crippen LogP contribution < -0.4 is 11.2 Å². The summed E-state index contributed by atoms with van der Waals surface area (Å²) in [6.07, 6.45) is -0.555. The second-order valence-electron chi connectivity index (χ2n) is 4.02. The molecule has 0 spiro atoms. The summed E-state index contributed by atoms with van der Waals surface area (Å²) in [5.41, 5.74) is 5.40. The highest BCUT2D eigenvalue weighted by molar-refractivity contribution is 6.39. The highest BCUT2D eigenvalue weighted by Gasteiger charge is 2.20. The fraction of sp³-hybridized carbons (Fsp3) is 0.182. The quantitative estimate of drug-likeness (QED) is 0.311. The zero-order valence-corrected chi connectivity index (χ0v) is 11.7. The van der Waals surface area contributed by atoms with Gasteiger partial charge < -0.3 is 10.5 Å². The van der Waals surface area contributed by atoms with E-state index >= 15 is 0 Å². The first-order valence-electron chi connectivity index (χ1n) is 5.88. The van der Waals surface area contributed by atoms with Crippen LogP contribution in [0.2, 0.25) is 0 Å². The van der Waals surface area contributed by atoms with Gasteiger partial charge >= 0.3 is 11.7 Å². The molecule has 0 radical (unpaired) electrons. The summed E-state index contributed by atoms with van der Waals surface area (Å²) < 4.78 is 4.39. The van der Waals surface area contributed by atoms with E-state index < -0.39 is 45.2 Å². The van der Waals surface area contributed by atoms with Gasteiger partial charge in [-0.1, -0.05) is 0 Å². The number of nitro benzene ring substituents is 2. The third kappa shape index (κ3) is 4.73. The van der Waals surface area contributed by atoms with Crippen molar-refractivity contribution in [3.8, 4) is 0 Å². The third-order valence-corrected chi connectivity index (χ3v) is 2.46.